The first-order valence-corrected chi connectivity index (χ1v) is 11.3. The molecule has 11 heteroatoms. The van der Waals surface area contributed by atoms with E-state index in [1.54, 1.807) is 25.3 Å². The molecule has 0 saturated carbocycles. The van der Waals surface area contributed by atoms with Crippen molar-refractivity contribution in [1.82, 2.24) is 14.5 Å². The number of aromatic nitrogens is 2. The van der Waals surface area contributed by atoms with E-state index in [1.807, 2.05) is 0 Å². The Hall–Kier alpha value is -3.44. The van der Waals surface area contributed by atoms with Crippen LogP contribution in [-0.4, -0.2) is 56.1 Å². The molecule has 168 valence electrons. The van der Waals surface area contributed by atoms with Crippen molar-refractivity contribution in [3.63, 3.8) is 0 Å². The van der Waals surface area contributed by atoms with Crippen molar-refractivity contribution in [2.45, 2.75) is 17.7 Å². The molecule has 0 bridgehead atoms. The summed E-state index contributed by atoms with van der Waals surface area (Å²) in [5.41, 5.74) is 0.796. The van der Waals surface area contributed by atoms with Gasteiger partial charge in [0.15, 0.2) is 0 Å². The molecular weight excluding hydrogens is 436 g/mol. The van der Waals surface area contributed by atoms with Crippen LogP contribution in [0.4, 0.5) is 6.01 Å². The number of nitrogens with one attached hydrogen (secondary N) is 1. The second-order valence-electron chi connectivity index (χ2n) is 7.07. The van der Waals surface area contributed by atoms with Gasteiger partial charge in [-0.3, -0.25) is 10.1 Å². The lowest BCUT2D eigenvalue weighted by Crippen LogP contribution is -2.27. The van der Waals surface area contributed by atoms with Crippen molar-refractivity contribution in [3.05, 3.63) is 48.0 Å². The number of anilines is 1. The van der Waals surface area contributed by atoms with Crippen molar-refractivity contribution < 1.29 is 27.1 Å². The second kappa shape index (κ2) is 8.97. The lowest BCUT2D eigenvalue weighted by molar-refractivity contribution is 0.102. The van der Waals surface area contributed by atoms with E-state index in [4.69, 9.17) is 13.9 Å². The second-order valence-corrected chi connectivity index (χ2v) is 9.01. The van der Waals surface area contributed by atoms with E-state index < -0.39 is 15.9 Å². The van der Waals surface area contributed by atoms with Crippen molar-refractivity contribution in [3.8, 4) is 23.0 Å². The van der Waals surface area contributed by atoms with E-state index in [9.17, 15) is 13.2 Å². The van der Waals surface area contributed by atoms with Crippen molar-refractivity contribution in [2.24, 2.45) is 0 Å². The first-order valence-electron chi connectivity index (χ1n) is 9.90. The molecule has 32 heavy (non-hydrogen) atoms. The Morgan fingerprint density at radius 1 is 1.03 bits per heavy atom. The lowest BCUT2D eigenvalue weighted by Gasteiger charge is -2.15. The minimum absolute atomic E-state index is 0.100. The predicted molar refractivity (Wildman–Crippen MR) is 115 cm³/mol. The fourth-order valence-electron chi connectivity index (χ4n) is 3.38. The molecule has 1 aliphatic rings. The summed E-state index contributed by atoms with van der Waals surface area (Å²) in [6, 6.07) is 10.7. The van der Waals surface area contributed by atoms with Crippen LogP contribution in [0.25, 0.3) is 11.5 Å². The zero-order valence-corrected chi connectivity index (χ0v) is 18.4. The van der Waals surface area contributed by atoms with Gasteiger partial charge in [-0.25, -0.2) is 8.42 Å². The molecule has 1 N–H and O–H groups in total. The normalized spacial score (nSPS) is 14.3. The number of ether oxygens (including phenoxy) is 2. The molecule has 1 aromatic heterocycles. The smallest absolute Gasteiger partial charge is 0.322 e. The van der Waals surface area contributed by atoms with E-state index in [2.05, 4.69) is 15.5 Å². The average Bonchev–Trinajstić information content (AvgIpc) is 3.51. The van der Waals surface area contributed by atoms with Gasteiger partial charge in [-0.2, -0.15) is 4.31 Å². The Morgan fingerprint density at radius 2 is 1.75 bits per heavy atom. The van der Waals surface area contributed by atoms with Crippen LogP contribution in [0, 0.1) is 0 Å². The van der Waals surface area contributed by atoms with Crippen LogP contribution in [0.1, 0.15) is 23.2 Å². The minimum Gasteiger partial charge on any atom is -0.497 e. The first-order chi connectivity index (χ1) is 15.4. The Bertz CT molecular complexity index is 1220. The van der Waals surface area contributed by atoms with Gasteiger partial charge in [0.05, 0.1) is 24.7 Å². The van der Waals surface area contributed by atoms with E-state index in [0.717, 1.165) is 12.8 Å². The van der Waals surface area contributed by atoms with Crippen LogP contribution >= 0.6 is 0 Å². The summed E-state index contributed by atoms with van der Waals surface area (Å²) in [6.45, 7) is 1.03. The highest BCUT2D eigenvalue weighted by Crippen LogP contribution is 2.33. The Balaban J connectivity index is 1.48. The van der Waals surface area contributed by atoms with Crippen molar-refractivity contribution >= 4 is 21.9 Å². The standard InChI is InChI=1S/C21H22N4O6S/c1-29-15-7-10-17(18(13-15)30-2)20-23-24-21(31-20)22-19(26)14-5-8-16(9-6-14)32(27,28)25-11-3-4-12-25/h5-10,13H,3-4,11-12H2,1-2H3,(H,22,24,26). The molecule has 1 amide bonds. The zero-order chi connectivity index (χ0) is 22.7. The van der Waals surface area contributed by atoms with E-state index in [0.29, 0.717) is 30.2 Å². The number of carbonyl (C=O) groups excluding carboxylic acids is 1. The summed E-state index contributed by atoms with van der Waals surface area (Å²) < 4.78 is 42.7. The summed E-state index contributed by atoms with van der Waals surface area (Å²) in [4.78, 5) is 12.7. The third-order valence-electron chi connectivity index (χ3n) is 5.10. The molecule has 0 aliphatic carbocycles. The predicted octanol–water partition coefficient (Wildman–Crippen LogP) is 2.79. The molecule has 1 fully saturated rings. The highest BCUT2D eigenvalue weighted by molar-refractivity contribution is 7.89. The molecule has 2 heterocycles. The molecular formula is C21H22N4O6S. The van der Waals surface area contributed by atoms with Crippen molar-refractivity contribution in [1.29, 1.82) is 0 Å². The van der Waals surface area contributed by atoms with Gasteiger partial charge in [-0.15, -0.1) is 5.10 Å². The fourth-order valence-corrected chi connectivity index (χ4v) is 4.90. The molecule has 1 aliphatic heterocycles. The largest absolute Gasteiger partial charge is 0.497 e. The highest BCUT2D eigenvalue weighted by atomic mass is 32.2. The number of sulfonamides is 1. The summed E-state index contributed by atoms with van der Waals surface area (Å²) in [5, 5.41) is 10.3. The highest BCUT2D eigenvalue weighted by Gasteiger charge is 2.27. The molecule has 0 atom stereocenters. The quantitative estimate of drug-likeness (QED) is 0.573. The minimum atomic E-state index is -3.54. The number of carbonyl (C=O) groups is 1. The number of methoxy groups -OCH3 is 2. The van der Waals surface area contributed by atoms with Gasteiger partial charge in [0.25, 0.3) is 11.8 Å². The molecule has 4 rings (SSSR count). The maximum Gasteiger partial charge on any atom is 0.322 e. The third-order valence-corrected chi connectivity index (χ3v) is 7.02. The van der Waals surface area contributed by atoms with Gasteiger partial charge in [0, 0.05) is 24.7 Å². The number of benzene rings is 2. The monoisotopic (exact) mass is 458 g/mol. The number of amides is 1. The molecule has 0 unspecified atom stereocenters. The summed E-state index contributed by atoms with van der Waals surface area (Å²) in [5.74, 6) is 0.730. The van der Waals surface area contributed by atoms with E-state index >= 15 is 0 Å². The van der Waals surface area contributed by atoms with E-state index in [1.165, 1.54) is 35.7 Å². The lowest BCUT2D eigenvalue weighted by atomic mass is 10.2. The van der Waals surface area contributed by atoms with Gasteiger partial charge in [0.1, 0.15) is 11.5 Å². The Morgan fingerprint density at radius 3 is 2.41 bits per heavy atom. The van der Waals surface area contributed by atoms with Crippen LogP contribution in [0.2, 0.25) is 0 Å². The third kappa shape index (κ3) is 4.30. The fraction of sp³-hybridized carbons (Fsp3) is 0.286. The zero-order valence-electron chi connectivity index (χ0n) is 17.6. The van der Waals surface area contributed by atoms with Crippen LogP contribution < -0.4 is 14.8 Å². The van der Waals surface area contributed by atoms with Crippen LogP contribution in [0.5, 0.6) is 11.5 Å². The number of hydrogen-bond donors (Lipinski definition) is 1. The summed E-state index contributed by atoms with van der Waals surface area (Å²) >= 11 is 0. The summed E-state index contributed by atoms with van der Waals surface area (Å²) in [6.07, 6.45) is 1.71. The maximum absolute atomic E-state index is 12.6. The topological polar surface area (TPSA) is 124 Å². The molecule has 10 nitrogen and oxygen atoms in total. The first kappa shape index (κ1) is 21.8. The average molecular weight is 458 g/mol. The SMILES string of the molecule is COc1ccc(-c2nnc(NC(=O)c3ccc(S(=O)(=O)N4CCCC4)cc3)o2)c(OC)c1. The van der Waals surface area contributed by atoms with Gasteiger partial charge in [0.2, 0.25) is 10.0 Å². The van der Waals surface area contributed by atoms with E-state index in [-0.39, 0.29) is 22.4 Å². The van der Waals surface area contributed by atoms with Gasteiger partial charge >= 0.3 is 6.01 Å². The van der Waals surface area contributed by atoms with Crippen LogP contribution in [0.15, 0.2) is 51.8 Å². The van der Waals surface area contributed by atoms with Gasteiger partial charge < -0.3 is 13.9 Å². The van der Waals surface area contributed by atoms with Gasteiger partial charge in [-0.05, 0) is 49.2 Å². The molecule has 0 radical (unpaired) electrons. The molecule has 3 aromatic rings. The molecule has 1 saturated heterocycles. The Labute approximate surface area is 185 Å². The van der Waals surface area contributed by atoms with Crippen molar-refractivity contribution in [2.75, 3.05) is 32.6 Å². The summed E-state index contributed by atoms with van der Waals surface area (Å²) in [7, 11) is -0.489. The van der Waals surface area contributed by atoms with Crippen LogP contribution in [0.3, 0.4) is 0 Å². The molecule has 2 aromatic carbocycles. The van der Waals surface area contributed by atoms with Crippen LogP contribution in [-0.2, 0) is 10.0 Å². The molecule has 0 spiro atoms. The van der Waals surface area contributed by atoms with Gasteiger partial charge in [-0.1, -0.05) is 5.10 Å². The maximum atomic E-state index is 12.6. The Kier molecular flexibility index (Phi) is 6.10. The number of nitrogens with zero attached hydrogens (tertiary/aromatic N) is 3. The number of rotatable bonds is 7. The number of hydrogen-bond acceptors (Lipinski definition) is 8.